The minimum atomic E-state index is -0.656. The maximum absolute atomic E-state index is 12.7. The van der Waals surface area contributed by atoms with Gasteiger partial charge in [0, 0.05) is 20.0 Å². The van der Waals surface area contributed by atoms with Crippen LogP contribution in [0.5, 0.6) is 5.88 Å². The summed E-state index contributed by atoms with van der Waals surface area (Å²) in [5, 5.41) is 19.5. The zero-order valence-corrected chi connectivity index (χ0v) is 18.5. The van der Waals surface area contributed by atoms with Crippen molar-refractivity contribution in [2.24, 2.45) is 7.05 Å². The van der Waals surface area contributed by atoms with E-state index in [9.17, 15) is 24.8 Å². The van der Waals surface area contributed by atoms with E-state index in [1.54, 1.807) is 12.1 Å². The molecule has 0 bridgehead atoms. The van der Waals surface area contributed by atoms with Crippen LogP contribution >= 0.6 is 24.0 Å². The van der Waals surface area contributed by atoms with Crippen LogP contribution in [-0.4, -0.2) is 37.1 Å². The van der Waals surface area contributed by atoms with E-state index in [1.165, 1.54) is 30.6 Å². The Bertz CT molecular complexity index is 1210. The summed E-state index contributed by atoms with van der Waals surface area (Å²) in [6.07, 6.45) is 2.11. The van der Waals surface area contributed by atoms with Gasteiger partial charge in [-0.25, -0.2) is 0 Å². The molecule has 0 spiro atoms. The number of carbonyl (C=O) groups excluding carboxylic acids is 2. The van der Waals surface area contributed by atoms with Gasteiger partial charge < -0.3 is 5.11 Å². The van der Waals surface area contributed by atoms with Gasteiger partial charge in [0.1, 0.15) is 16.0 Å². The lowest BCUT2D eigenvalue weighted by Crippen LogP contribution is -2.29. The fourth-order valence-corrected chi connectivity index (χ4v) is 4.57. The van der Waals surface area contributed by atoms with Crippen LogP contribution in [0.3, 0.4) is 0 Å². The normalized spacial score (nSPS) is 14.9. The van der Waals surface area contributed by atoms with Crippen LogP contribution in [0, 0.1) is 18.3 Å². The molecule has 31 heavy (non-hydrogen) atoms. The minimum Gasteiger partial charge on any atom is -0.494 e. The molecule has 1 aromatic heterocycles. The lowest BCUT2D eigenvalue weighted by Gasteiger charge is -2.15. The summed E-state index contributed by atoms with van der Waals surface area (Å²) in [5.41, 5.74) is 0.174. The molecule has 2 heterocycles. The monoisotopic (exact) mass is 453 g/mol. The van der Waals surface area contributed by atoms with Crippen LogP contribution in [-0.2, 0) is 11.8 Å². The standard InChI is InChI=1S/C22H19N3O4S2/c1-13-15(12-23)19(27)24(2)21(29)18(13)16(26)9-6-10-25-20(28)17(31-22(25)30)11-14-7-4-3-5-8-14/h3-5,7-8,11,29H,6,9-10H2,1-2H3/b17-11-. The molecule has 1 aliphatic rings. The second-order valence-corrected chi connectivity index (χ2v) is 8.62. The molecule has 158 valence electrons. The van der Waals surface area contributed by atoms with E-state index >= 15 is 0 Å². The van der Waals surface area contributed by atoms with Crippen LogP contribution in [0.25, 0.3) is 6.08 Å². The third-order valence-electron chi connectivity index (χ3n) is 4.96. The molecule has 0 saturated carbocycles. The number of benzene rings is 1. The maximum Gasteiger partial charge on any atom is 0.271 e. The molecule has 3 rings (SSSR count). The van der Waals surface area contributed by atoms with E-state index in [0.717, 1.165) is 10.1 Å². The summed E-state index contributed by atoms with van der Waals surface area (Å²) in [6, 6.07) is 11.2. The number of aromatic hydroxyl groups is 1. The van der Waals surface area contributed by atoms with Crippen molar-refractivity contribution in [1.29, 1.82) is 5.26 Å². The van der Waals surface area contributed by atoms with Gasteiger partial charge in [0.25, 0.3) is 11.5 Å². The first-order valence-corrected chi connectivity index (χ1v) is 10.6. The molecular formula is C22H19N3O4S2. The van der Waals surface area contributed by atoms with Crippen molar-refractivity contribution < 1.29 is 14.7 Å². The topological polar surface area (TPSA) is 103 Å². The van der Waals surface area contributed by atoms with E-state index in [-0.39, 0.29) is 35.6 Å². The van der Waals surface area contributed by atoms with Crippen molar-refractivity contribution >= 4 is 46.1 Å². The number of thiocarbonyl (C=S) groups is 1. The Morgan fingerprint density at radius 2 is 1.97 bits per heavy atom. The van der Waals surface area contributed by atoms with Crippen LogP contribution in [0.2, 0.25) is 0 Å². The predicted octanol–water partition coefficient (Wildman–Crippen LogP) is 3.14. The third-order valence-corrected chi connectivity index (χ3v) is 6.33. The Morgan fingerprint density at radius 3 is 2.61 bits per heavy atom. The van der Waals surface area contributed by atoms with Gasteiger partial charge in [-0.1, -0.05) is 54.3 Å². The van der Waals surface area contributed by atoms with Crippen molar-refractivity contribution in [2.75, 3.05) is 6.54 Å². The van der Waals surface area contributed by atoms with Crippen LogP contribution in [0.4, 0.5) is 0 Å². The lowest BCUT2D eigenvalue weighted by atomic mass is 9.99. The molecule has 0 aliphatic carbocycles. The molecule has 0 radical (unpaired) electrons. The first-order chi connectivity index (χ1) is 14.8. The molecule has 0 unspecified atom stereocenters. The SMILES string of the molecule is Cc1c(C(=O)CCCN2C(=O)/C(=C/c3ccccc3)SC2=S)c(O)n(C)c(=O)c1C#N. The molecule has 1 aliphatic heterocycles. The Balaban J connectivity index is 1.71. The van der Waals surface area contributed by atoms with Crippen molar-refractivity contribution in [3.63, 3.8) is 0 Å². The van der Waals surface area contributed by atoms with Crippen LogP contribution in [0.1, 0.15) is 39.9 Å². The molecule has 2 aromatic rings. The van der Waals surface area contributed by atoms with E-state index in [2.05, 4.69) is 0 Å². The maximum atomic E-state index is 12.7. The van der Waals surface area contributed by atoms with Gasteiger partial charge in [0.05, 0.1) is 10.5 Å². The number of hydrogen-bond donors (Lipinski definition) is 1. The highest BCUT2D eigenvalue weighted by atomic mass is 32.2. The molecule has 9 heteroatoms. The molecule has 1 saturated heterocycles. The number of nitrogens with zero attached hydrogens (tertiary/aromatic N) is 3. The summed E-state index contributed by atoms with van der Waals surface area (Å²) in [6.45, 7) is 1.71. The average Bonchev–Trinajstić information content (AvgIpc) is 3.00. The Hall–Kier alpha value is -3.22. The van der Waals surface area contributed by atoms with Crippen molar-refractivity contribution in [1.82, 2.24) is 9.47 Å². The lowest BCUT2D eigenvalue weighted by molar-refractivity contribution is -0.122. The molecule has 1 aromatic carbocycles. The fourth-order valence-electron chi connectivity index (χ4n) is 3.27. The van der Waals surface area contributed by atoms with Gasteiger partial charge in [-0.05, 0) is 30.5 Å². The van der Waals surface area contributed by atoms with E-state index in [1.807, 2.05) is 30.3 Å². The molecule has 1 amide bonds. The quantitative estimate of drug-likeness (QED) is 0.407. The highest BCUT2D eigenvalue weighted by Gasteiger charge is 2.32. The minimum absolute atomic E-state index is 0.0201. The Morgan fingerprint density at radius 1 is 1.29 bits per heavy atom. The van der Waals surface area contributed by atoms with Gasteiger partial charge in [0.15, 0.2) is 5.78 Å². The van der Waals surface area contributed by atoms with Crippen molar-refractivity contribution in [3.8, 4) is 11.9 Å². The van der Waals surface area contributed by atoms with Crippen LogP contribution < -0.4 is 5.56 Å². The molecule has 1 fully saturated rings. The van der Waals surface area contributed by atoms with Crippen molar-refractivity contribution in [3.05, 3.63) is 67.8 Å². The molecular weight excluding hydrogens is 434 g/mol. The van der Waals surface area contributed by atoms with Gasteiger partial charge in [0.2, 0.25) is 5.88 Å². The predicted molar refractivity (Wildman–Crippen MR) is 123 cm³/mol. The molecule has 1 N–H and O–H groups in total. The van der Waals surface area contributed by atoms with E-state index < -0.39 is 17.2 Å². The number of hydrogen-bond acceptors (Lipinski definition) is 7. The molecule has 0 atom stereocenters. The number of ketones is 1. The highest BCUT2D eigenvalue weighted by Crippen LogP contribution is 2.33. The summed E-state index contributed by atoms with van der Waals surface area (Å²) < 4.78 is 1.31. The largest absolute Gasteiger partial charge is 0.494 e. The second kappa shape index (κ2) is 9.29. The number of thioether (sulfide) groups is 1. The van der Waals surface area contributed by atoms with E-state index in [4.69, 9.17) is 12.2 Å². The zero-order chi connectivity index (χ0) is 22.7. The van der Waals surface area contributed by atoms with Gasteiger partial charge in [-0.2, -0.15) is 5.26 Å². The van der Waals surface area contributed by atoms with Crippen molar-refractivity contribution in [2.45, 2.75) is 19.8 Å². The van der Waals surface area contributed by atoms with Gasteiger partial charge in [-0.15, -0.1) is 0 Å². The number of rotatable bonds is 6. The Labute approximate surface area is 188 Å². The number of carbonyl (C=O) groups is 2. The summed E-state index contributed by atoms with van der Waals surface area (Å²) in [7, 11) is 1.30. The first-order valence-electron chi connectivity index (χ1n) is 9.42. The number of amides is 1. The number of pyridine rings is 1. The van der Waals surface area contributed by atoms with Gasteiger partial charge >= 0.3 is 0 Å². The Kier molecular flexibility index (Phi) is 6.73. The first kappa shape index (κ1) is 22.5. The third kappa shape index (κ3) is 4.45. The summed E-state index contributed by atoms with van der Waals surface area (Å²) in [5.74, 6) is -1.09. The second-order valence-electron chi connectivity index (χ2n) is 6.95. The fraction of sp³-hybridized carbons (Fsp3) is 0.227. The smallest absolute Gasteiger partial charge is 0.271 e. The number of nitriles is 1. The number of aromatic nitrogens is 1. The zero-order valence-electron chi connectivity index (χ0n) is 16.9. The highest BCUT2D eigenvalue weighted by molar-refractivity contribution is 8.26. The summed E-state index contributed by atoms with van der Waals surface area (Å²) >= 11 is 6.53. The molecule has 7 nitrogen and oxygen atoms in total. The average molecular weight is 454 g/mol. The van der Waals surface area contributed by atoms with E-state index in [0.29, 0.717) is 15.6 Å². The summed E-state index contributed by atoms with van der Waals surface area (Å²) in [4.78, 5) is 39.4. The van der Waals surface area contributed by atoms with Gasteiger partial charge in [-0.3, -0.25) is 23.9 Å². The van der Waals surface area contributed by atoms with Crippen LogP contribution in [0.15, 0.2) is 40.0 Å². The number of Topliss-reactive ketones (excluding diaryl/α,β-unsaturated/α-hetero) is 1.